The number of piperidine rings is 1. The van der Waals surface area contributed by atoms with Gasteiger partial charge in [-0.1, -0.05) is 26.8 Å². The number of hydrogen-bond acceptors (Lipinski definition) is 5. The van der Waals surface area contributed by atoms with Crippen LogP contribution in [0.2, 0.25) is 0 Å². The number of pyridine rings is 1. The number of rotatable bonds is 4. The summed E-state index contributed by atoms with van der Waals surface area (Å²) in [6.45, 7) is 7.98. The van der Waals surface area contributed by atoms with Gasteiger partial charge in [0.05, 0.1) is 12.1 Å². The van der Waals surface area contributed by atoms with Gasteiger partial charge >= 0.3 is 0 Å². The molecule has 0 unspecified atom stereocenters. The number of amides is 1. The van der Waals surface area contributed by atoms with E-state index < -0.39 is 0 Å². The molecule has 1 aliphatic heterocycles. The summed E-state index contributed by atoms with van der Waals surface area (Å²) in [7, 11) is 0. The summed E-state index contributed by atoms with van der Waals surface area (Å²) in [6.07, 6.45) is 7.94. The van der Waals surface area contributed by atoms with Crippen LogP contribution in [0, 0.1) is 0 Å². The molecule has 0 atom stereocenters. The summed E-state index contributed by atoms with van der Waals surface area (Å²) >= 11 is 1.65. The van der Waals surface area contributed by atoms with E-state index in [-0.39, 0.29) is 11.3 Å². The number of likely N-dealkylation sites (tertiary alicyclic amines) is 1. The van der Waals surface area contributed by atoms with Gasteiger partial charge in [-0.05, 0) is 42.0 Å². The molecule has 0 saturated carbocycles. The predicted octanol–water partition coefficient (Wildman–Crippen LogP) is 4.85. The van der Waals surface area contributed by atoms with Crippen molar-refractivity contribution in [3.05, 3.63) is 64.6 Å². The lowest BCUT2D eigenvalue weighted by molar-refractivity contribution is -0.131. The molecule has 4 rings (SSSR count). The Morgan fingerprint density at radius 2 is 1.90 bits per heavy atom. The topological polar surface area (TPSA) is 59.0 Å². The molecule has 156 valence electrons. The van der Waals surface area contributed by atoms with Gasteiger partial charge in [0, 0.05) is 53.5 Å². The van der Waals surface area contributed by atoms with E-state index in [9.17, 15) is 4.79 Å². The van der Waals surface area contributed by atoms with Crippen molar-refractivity contribution < 1.29 is 4.79 Å². The molecular formula is C24H28N4OS. The molecule has 6 heteroatoms. The minimum absolute atomic E-state index is 0.108. The van der Waals surface area contributed by atoms with Crippen molar-refractivity contribution in [3.63, 3.8) is 0 Å². The van der Waals surface area contributed by atoms with E-state index in [2.05, 4.69) is 30.7 Å². The Bertz CT molecular complexity index is 988. The molecule has 0 aromatic carbocycles. The number of carbonyl (C=O) groups excluding carboxylic acids is 1. The van der Waals surface area contributed by atoms with Gasteiger partial charge in [-0.25, -0.2) is 9.97 Å². The number of hydrogen-bond donors (Lipinski definition) is 0. The van der Waals surface area contributed by atoms with Crippen LogP contribution < -0.4 is 0 Å². The summed E-state index contributed by atoms with van der Waals surface area (Å²) in [6, 6.07) is 8.06. The average Bonchev–Trinajstić information content (AvgIpc) is 3.26. The smallest absolute Gasteiger partial charge is 0.227 e. The van der Waals surface area contributed by atoms with E-state index in [0.29, 0.717) is 12.3 Å². The van der Waals surface area contributed by atoms with Gasteiger partial charge in [-0.15, -0.1) is 11.3 Å². The second kappa shape index (κ2) is 8.64. The third kappa shape index (κ3) is 4.59. The number of nitrogens with zero attached hydrogens (tertiary/aromatic N) is 4. The highest BCUT2D eigenvalue weighted by atomic mass is 32.1. The normalized spacial score (nSPS) is 15.4. The summed E-state index contributed by atoms with van der Waals surface area (Å²) < 4.78 is 0. The molecule has 0 N–H and O–H groups in total. The highest BCUT2D eigenvalue weighted by Crippen LogP contribution is 2.35. The molecule has 1 saturated heterocycles. The Kier molecular flexibility index (Phi) is 5.95. The standard InChI is InChI=1S/C24H28N4OS/c1-24(2,3)23-26-16-20(17-6-10-25-11-7-17)22(27-23)18-8-12-28(13-9-18)21(29)15-19-5-4-14-30-19/h4-7,10-11,14,16,18H,8-9,12-13,15H2,1-3H3. The van der Waals surface area contributed by atoms with Crippen LogP contribution in [0.1, 0.15) is 55.9 Å². The van der Waals surface area contributed by atoms with Crippen LogP contribution in [-0.2, 0) is 16.6 Å². The molecule has 3 aromatic rings. The summed E-state index contributed by atoms with van der Waals surface area (Å²) in [5.74, 6) is 1.41. The highest BCUT2D eigenvalue weighted by molar-refractivity contribution is 7.10. The molecule has 4 heterocycles. The van der Waals surface area contributed by atoms with Crippen LogP contribution in [0.3, 0.4) is 0 Å². The van der Waals surface area contributed by atoms with Crippen LogP contribution >= 0.6 is 11.3 Å². The lowest BCUT2D eigenvalue weighted by Crippen LogP contribution is -2.39. The second-order valence-corrected chi connectivity index (χ2v) is 9.92. The molecule has 0 spiro atoms. The Labute approximate surface area is 182 Å². The first-order valence-corrected chi connectivity index (χ1v) is 11.4. The van der Waals surface area contributed by atoms with Crippen LogP contribution in [0.4, 0.5) is 0 Å². The third-order valence-corrected chi connectivity index (χ3v) is 6.50. The maximum absolute atomic E-state index is 12.7. The van der Waals surface area contributed by atoms with Gasteiger partial charge in [0.1, 0.15) is 5.82 Å². The third-order valence-electron chi connectivity index (χ3n) is 5.62. The fourth-order valence-corrected chi connectivity index (χ4v) is 4.59. The molecule has 1 aliphatic rings. The summed E-state index contributed by atoms with van der Waals surface area (Å²) in [5, 5.41) is 2.03. The molecule has 0 radical (unpaired) electrons. The molecule has 1 amide bonds. The van der Waals surface area contributed by atoms with E-state index in [4.69, 9.17) is 4.98 Å². The zero-order valence-corrected chi connectivity index (χ0v) is 18.7. The maximum Gasteiger partial charge on any atom is 0.227 e. The molecule has 3 aromatic heterocycles. The van der Waals surface area contributed by atoms with Crippen molar-refractivity contribution in [1.29, 1.82) is 0 Å². The van der Waals surface area contributed by atoms with Crippen LogP contribution in [-0.4, -0.2) is 38.8 Å². The first kappa shape index (κ1) is 20.7. The second-order valence-electron chi connectivity index (χ2n) is 8.89. The Hall–Kier alpha value is -2.60. The van der Waals surface area contributed by atoms with Crippen LogP contribution in [0.15, 0.2) is 48.2 Å². The zero-order chi connectivity index (χ0) is 21.1. The number of carbonyl (C=O) groups is 1. The van der Waals surface area contributed by atoms with Gasteiger partial charge in [-0.2, -0.15) is 0 Å². The first-order valence-electron chi connectivity index (χ1n) is 10.5. The van der Waals surface area contributed by atoms with Crippen LogP contribution in [0.25, 0.3) is 11.1 Å². The monoisotopic (exact) mass is 420 g/mol. The zero-order valence-electron chi connectivity index (χ0n) is 17.8. The van der Waals surface area contributed by atoms with Crippen molar-refractivity contribution in [2.24, 2.45) is 0 Å². The van der Waals surface area contributed by atoms with E-state index in [1.165, 1.54) is 0 Å². The van der Waals surface area contributed by atoms with Gasteiger partial charge in [-0.3, -0.25) is 9.78 Å². The SMILES string of the molecule is CC(C)(C)c1ncc(-c2ccncc2)c(C2CCN(C(=O)Cc3cccs3)CC2)n1. The maximum atomic E-state index is 12.7. The van der Waals surface area contributed by atoms with E-state index in [1.54, 1.807) is 11.3 Å². The Morgan fingerprint density at radius 3 is 2.53 bits per heavy atom. The van der Waals surface area contributed by atoms with Crippen molar-refractivity contribution in [2.75, 3.05) is 13.1 Å². The highest BCUT2D eigenvalue weighted by Gasteiger charge is 2.28. The number of aromatic nitrogens is 3. The fourth-order valence-electron chi connectivity index (χ4n) is 3.90. The van der Waals surface area contributed by atoms with E-state index >= 15 is 0 Å². The van der Waals surface area contributed by atoms with Gasteiger partial charge in [0.2, 0.25) is 5.91 Å². The summed E-state index contributed by atoms with van der Waals surface area (Å²) in [5.41, 5.74) is 3.17. The molecule has 5 nitrogen and oxygen atoms in total. The lowest BCUT2D eigenvalue weighted by Gasteiger charge is -2.33. The Balaban J connectivity index is 1.55. The average molecular weight is 421 g/mol. The van der Waals surface area contributed by atoms with E-state index in [0.717, 1.165) is 53.5 Å². The molecule has 1 fully saturated rings. The van der Waals surface area contributed by atoms with Crippen LogP contribution in [0.5, 0.6) is 0 Å². The fraction of sp³-hybridized carbons (Fsp3) is 0.417. The minimum Gasteiger partial charge on any atom is -0.342 e. The quantitative estimate of drug-likeness (QED) is 0.606. The predicted molar refractivity (Wildman–Crippen MR) is 121 cm³/mol. The molecule has 0 aliphatic carbocycles. The Morgan fingerprint density at radius 1 is 1.17 bits per heavy atom. The molecular weight excluding hydrogens is 392 g/mol. The lowest BCUT2D eigenvalue weighted by atomic mass is 9.88. The largest absolute Gasteiger partial charge is 0.342 e. The van der Waals surface area contributed by atoms with Gasteiger partial charge < -0.3 is 4.90 Å². The van der Waals surface area contributed by atoms with E-state index in [1.807, 2.05) is 53.1 Å². The first-order chi connectivity index (χ1) is 14.4. The van der Waals surface area contributed by atoms with Crippen molar-refractivity contribution in [3.8, 4) is 11.1 Å². The minimum atomic E-state index is -0.108. The van der Waals surface area contributed by atoms with Crippen molar-refractivity contribution in [1.82, 2.24) is 19.9 Å². The molecule has 0 bridgehead atoms. The summed E-state index contributed by atoms with van der Waals surface area (Å²) in [4.78, 5) is 29.7. The number of thiophene rings is 1. The van der Waals surface area contributed by atoms with Crippen molar-refractivity contribution >= 4 is 17.2 Å². The molecule has 30 heavy (non-hydrogen) atoms. The van der Waals surface area contributed by atoms with Crippen molar-refractivity contribution in [2.45, 2.75) is 51.4 Å². The van der Waals surface area contributed by atoms with Gasteiger partial charge in [0.25, 0.3) is 0 Å². The van der Waals surface area contributed by atoms with Gasteiger partial charge in [0.15, 0.2) is 0 Å².